The molecule has 0 aliphatic heterocycles. The molecule has 0 radical (unpaired) electrons. The molecule has 1 aromatic heterocycles. The van der Waals surface area contributed by atoms with E-state index >= 15 is 0 Å². The van der Waals surface area contributed by atoms with Gasteiger partial charge in [-0.15, -0.1) is 11.3 Å². The van der Waals surface area contributed by atoms with Crippen molar-refractivity contribution in [1.82, 2.24) is 0 Å². The Morgan fingerprint density at radius 2 is 2.06 bits per heavy atom. The molecule has 0 bridgehead atoms. The lowest BCUT2D eigenvalue weighted by Crippen LogP contribution is -1.98. The van der Waals surface area contributed by atoms with Crippen molar-refractivity contribution in [2.24, 2.45) is 0 Å². The van der Waals surface area contributed by atoms with Crippen molar-refractivity contribution in [3.63, 3.8) is 0 Å². The summed E-state index contributed by atoms with van der Waals surface area (Å²) in [5.74, 6) is -0.918. The number of hydrogen-bond acceptors (Lipinski definition) is 2. The van der Waals surface area contributed by atoms with Crippen molar-refractivity contribution in [3.05, 3.63) is 20.3 Å². The maximum absolute atomic E-state index is 11.0. The summed E-state index contributed by atoms with van der Waals surface area (Å²) in [5, 5.41) is 8.99. The first-order valence-corrected chi connectivity index (χ1v) is 6.78. The number of carbonyl (C=O) groups is 1. The minimum Gasteiger partial charge on any atom is -0.478 e. The van der Waals surface area contributed by atoms with Crippen LogP contribution >= 0.6 is 22.9 Å². The number of carboxylic acid groups (broad SMARTS) is 1. The third-order valence-electron chi connectivity index (χ3n) is 2.67. The first-order valence-electron chi connectivity index (χ1n) is 5.59. The molecule has 90 valence electrons. The Morgan fingerprint density at radius 1 is 1.38 bits per heavy atom. The first-order chi connectivity index (χ1) is 7.57. The van der Waals surface area contributed by atoms with E-state index in [2.05, 4.69) is 6.92 Å². The number of thiophene rings is 1. The van der Waals surface area contributed by atoms with Crippen LogP contribution in [0.1, 0.15) is 53.4 Å². The maximum atomic E-state index is 11.0. The van der Waals surface area contributed by atoms with Crippen LogP contribution in [-0.4, -0.2) is 11.1 Å². The minimum absolute atomic E-state index is 0.289. The standard InChI is InChI=1S/C12H17ClO2S/c1-3-4-5-6-7-9-8(2)10(12(14)15)11(13)16-9/h3-7H2,1-2H3,(H,14,15). The molecule has 0 atom stereocenters. The van der Waals surface area contributed by atoms with E-state index in [9.17, 15) is 4.79 Å². The fraction of sp³-hybridized carbons (Fsp3) is 0.583. The van der Waals surface area contributed by atoms with Gasteiger partial charge in [0.2, 0.25) is 0 Å². The van der Waals surface area contributed by atoms with Crippen molar-refractivity contribution in [2.45, 2.75) is 46.0 Å². The van der Waals surface area contributed by atoms with E-state index in [0.29, 0.717) is 4.34 Å². The van der Waals surface area contributed by atoms with Gasteiger partial charge in [-0.1, -0.05) is 37.8 Å². The summed E-state index contributed by atoms with van der Waals surface area (Å²) >= 11 is 7.33. The molecule has 0 spiro atoms. The first kappa shape index (κ1) is 13.5. The fourth-order valence-electron chi connectivity index (χ4n) is 1.72. The number of unbranched alkanes of at least 4 members (excludes halogenated alkanes) is 3. The van der Waals surface area contributed by atoms with Gasteiger partial charge in [-0.25, -0.2) is 4.79 Å². The zero-order valence-corrected chi connectivity index (χ0v) is 11.2. The van der Waals surface area contributed by atoms with E-state index in [1.54, 1.807) is 0 Å². The Kier molecular flexibility index (Phi) is 5.29. The Morgan fingerprint density at radius 3 is 2.56 bits per heavy atom. The molecule has 1 aromatic rings. The van der Waals surface area contributed by atoms with Crippen LogP contribution in [0.15, 0.2) is 0 Å². The lowest BCUT2D eigenvalue weighted by molar-refractivity contribution is 0.0697. The summed E-state index contributed by atoms with van der Waals surface area (Å²) in [5.41, 5.74) is 1.14. The molecule has 0 aliphatic carbocycles. The molecule has 1 N–H and O–H groups in total. The predicted octanol–water partition coefficient (Wildman–Crippen LogP) is 4.53. The van der Waals surface area contributed by atoms with Crippen LogP contribution in [0.4, 0.5) is 0 Å². The Hall–Kier alpha value is -0.540. The quantitative estimate of drug-likeness (QED) is 0.763. The Labute approximate surface area is 105 Å². The summed E-state index contributed by atoms with van der Waals surface area (Å²) < 4.78 is 0.412. The summed E-state index contributed by atoms with van der Waals surface area (Å²) in [4.78, 5) is 12.1. The lowest BCUT2D eigenvalue weighted by Gasteiger charge is -1.99. The Bertz CT molecular complexity index is 371. The second-order valence-electron chi connectivity index (χ2n) is 3.91. The summed E-state index contributed by atoms with van der Waals surface area (Å²) in [7, 11) is 0. The van der Waals surface area contributed by atoms with Crippen LogP contribution < -0.4 is 0 Å². The number of carboxylic acids is 1. The number of rotatable bonds is 6. The normalized spacial score (nSPS) is 10.7. The molecular weight excluding hydrogens is 244 g/mol. The number of halogens is 1. The average Bonchev–Trinajstić information content (AvgIpc) is 2.49. The third kappa shape index (κ3) is 3.22. The van der Waals surface area contributed by atoms with Crippen LogP contribution in [0.5, 0.6) is 0 Å². The van der Waals surface area contributed by atoms with Gasteiger partial charge in [-0.05, 0) is 25.3 Å². The number of hydrogen-bond donors (Lipinski definition) is 1. The molecule has 0 unspecified atom stereocenters. The van der Waals surface area contributed by atoms with Crippen molar-refractivity contribution in [2.75, 3.05) is 0 Å². The molecule has 1 rings (SSSR count). The molecular formula is C12H17ClO2S. The molecule has 0 saturated heterocycles. The number of aromatic carboxylic acids is 1. The lowest BCUT2D eigenvalue weighted by atomic mass is 10.1. The van der Waals surface area contributed by atoms with Gasteiger partial charge < -0.3 is 5.11 Å². The highest BCUT2D eigenvalue weighted by Gasteiger charge is 2.18. The van der Waals surface area contributed by atoms with Crippen LogP contribution in [0.3, 0.4) is 0 Å². The molecule has 0 aliphatic rings. The molecule has 1 heterocycles. The van der Waals surface area contributed by atoms with Crippen molar-refractivity contribution < 1.29 is 9.90 Å². The van der Waals surface area contributed by atoms with E-state index in [-0.39, 0.29) is 5.56 Å². The molecule has 0 fully saturated rings. The van der Waals surface area contributed by atoms with E-state index < -0.39 is 5.97 Å². The molecule has 0 aromatic carbocycles. The van der Waals surface area contributed by atoms with Crippen molar-refractivity contribution >= 4 is 28.9 Å². The van der Waals surface area contributed by atoms with Gasteiger partial charge >= 0.3 is 5.97 Å². The topological polar surface area (TPSA) is 37.3 Å². The van der Waals surface area contributed by atoms with Crippen molar-refractivity contribution in [3.8, 4) is 0 Å². The smallest absolute Gasteiger partial charge is 0.338 e. The predicted molar refractivity (Wildman–Crippen MR) is 68.9 cm³/mol. The Balaban J connectivity index is 2.67. The molecule has 0 amide bonds. The fourth-order valence-corrected chi connectivity index (χ4v) is 3.28. The SMILES string of the molecule is CCCCCCc1sc(Cl)c(C(=O)O)c1C. The second kappa shape index (κ2) is 6.26. The highest BCUT2D eigenvalue weighted by Crippen LogP contribution is 2.33. The van der Waals surface area contributed by atoms with E-state index in [4.69, 9.17) is 16.7 Å². The van der Waals surface area contributed by atoms with Gasteiger partial charge in [0.1, 0.15) is 4.34 Å². The van der Waals surface area contributed by atoms with E-state index in [0.717, 1.165) is 23.3 Å². The minimum atomic E-state index is -0.918. The highest BCUT2D eigenvalue weighted by molar-refractivity contribution is 7.16. The van der Waals surface area contributed by atoms with E-state index in [1.807, 2.05) is 6.92 Å². The maximum Gasteiger partial charge on any atom is 0.338 e. The van der Waals surface area contributed by atoms with Gasteiger partial charge in [0, 0.05) is 4.88 Å². The molecule has 0 saturated carbocycles. The molecule has 16 heavy (non-hydrogen) atoms. The van der Waals surface area contributed by atoms with Crippen LogP contribution in [-0.2, 0) is 6.42 Å². The molecule has 2 nitrogen and oxygen atoms in total. The second-order valence-corrected chi connectivity index (χ2v) is 5.62. The zero-order valence-electron chi connectivity index (χ0n) is 9.68. The third-order valence-corrected chi connectivity index (χ3v) is 4.23. The van der Waals surface area contributed by atoms with E-state index in [1.165, 1.54) is 30.6 Å². The van der Waals surface area contributed by atoms with Crippen LogP contribution in [0.2, 0.25) is 4.34 Å². The van der Waals surface area contributed by atoms with Gasteiger partial charge in [0.25, 0.3) is 0 Å². The summed E-state index contributed by atoms with van der Waals surface area (Å²) in [6, 6.07) is 0. The number of aryl methyl sites for hydroxylation is 1. The van der Waals surface area contributed by atoms with Gasteiger partial charge in [-0.2, -0.15) is 0 Å². The summed E-state index contributed by atoms with van der Waals surface area (Å²) in [6.45, 7) is 4.02. The summed E-state index contributed by atoms with van der Waals surface area (Å²) in [6.07, 6.45) is 5.72. The monoisotopic (exact) mass is 260 g/mol. The van der Waals surface area contributed by atoms with Gasteiger partial charge in [0.05, 0.1) is 5.56 Å². The zero-order chi connectivity index (χ0) is 12.1. The van der Waals surface area contributed by atoms with Crippen LogP contribution in [0.25, 0.3) is 0 Å². The highest BCUT2D eigenvalue weighted by atomic mass is 35.5. The largest absolute Gasteiger partial charge is 0.478 e. The molecule has 4 heteroatoms. The van der Waals surface area contributed by atoms with Crippen molar-refractivity contribution in [1.29, 1.82) is 0 Å². The van der Waals surface area contributed by atoms with Gasteiger partial charge in [-0.3, -0.25) is 0 Å². The van der Waals surface area contributed by atoms with Gasteiger partial charge in [0.15, 0.2) is 0 Å². The van der Waals surface area contributed by atoms with Crippen LogP contribution in [0, 0.1) is 6.92 Å². The average molecular weight is 261 g/mol.